The van der Waals surface area contributed by atoms with Crippen molar-refractivity contribution in [3.8, 4) is 0 Å². The van der Waals surface area contributed by atoms with Gasteiger partial charge in [0.2, 0.25) is 11.6 Å². The average molecular weight is 483 g/mol. The number of benzene rings is 4. The standard InChI is InChI=1S/C31H22N4O2/c1-19-33-27-29(35(19)17-21-11-13-23-7-3-5-9-25(23)15-21)31(37)28-26(30(27)36)32-18-34(28)16-20-10-12-22-6-2-4-8-24(22)14-20/h2-15,18H,16-17H2,1H3. The second kappa shape index (κ2) is 8.10. The van der Waals surface area contributed by atoms with Crippen LogP contribution in [-0.2, 0) is 13.1 Å². The van der Waals surface area contributed by atoms with Gasteiger partial charge in [-0.25, -0.2) is 9.97 Å². The van der Waals surface area contributed by atoms with Crippen LogP contribution in [0.3, 0.4) is 0 Å². The van der Waals surface area contributed by atoms with Gasteiger partial charge in [-0.05, 0) is 51.7 Å². The Morgan fingerprint density at radius 2 is 1.24 bits per heavy atom. The van der Waals surface area contributed by atoms with E-state index in [0.717, 1.165) is 32.7 Å². The largest absolute Gasteiger partial charge is 0.323 e. The Labute approximate surface area is 212 Å². The van der Waals surface area contributed by atoms with Crippen LogP contribution in [0.2, 0.25) is 0 Å². The zero-order valence-electron chi connectivity index (χ0n) is 20.2. The first-order chi connectivity index (χ1) is 18.1. The van der Waals surface area contributed by atoms with Crippen molar-refractivity contribution in [2.24, 2.45) is 0 Å². The minimum atomic E-state index is -0.303. The summed E-state index contributed by atoms with van der Waals surface area (Å²) >= 11 is 0. The fraction of sp³-hybridized carbons (Fsp3) is 0.0968. The third-order valence-corrected chi connectivity index (χ3v) is 7.18. The molecule has 0 saturated carbocycles. The summed E-state index contributed by atoms with van der Waals surface area (Å²) in [5.74, 6) is 0.109. The molecule has 1 aliphatic rings. The van der Waals surface area contributed by atoms with Crippen LogP contribution in [0.4, 0.5) is 0 Å². The van der Waals surface area contributed by atoms with Crippen LogP contribution in [0.5, 0.6) is 0 Å². The van der Waals surface area contributed by atoms with E-state index in [1.807, 2.05) is 41.8 Å². The molecule has 6 heteroatoms. The smallest absolute Gasteiger partial charge is 0.234 e. The first-order valence-corrected chi connectivity index (χ1v) is 12.2. The molecule has 0 atom stereocenters. The topological polar surface area (TPSA) is 69.8 Å². The number of carbonyl (C=O) groups excluding carboxylic acids is 2. The van der Waals surface area contributed by atoms with Crippen molar-refractivity contribution < 1.29 is 9.59 Å². The molecule has 4 aromatic carbocycles. The molecule has 2 heterocycles. The second-order valence-electron chi connectivity index (χ2n) is 9.53. The first kappa shape index (κ1) is 21.4. The van der Waals surface area contributed by atoms with Gasteiger partial charge in [0.05, 0.1) is 6.33 Å². The average Bonchev–Trinajstić information content (AvgIpc) is 3.49. The Hall–Kier alpha value is -4.84. The molecule has 0 bridgehead atoms. The molecular formula is C31H22N4O2. The van der Waals surface area contributed by atoms with E-state index in [4.69, 9.17) is 0 Å². The Bertz CT molecular complexity index is 1890. The molecule has 0 amide bonds. The summed E-state index contributed by atoms with van der Waals surface area (Å²) in [6, 6.07) is 28.8. The molecule has 0 radical (unpaired) electrons. The van der Waals surface area contributed by atoms with E-state index >= 15 is 0 Å². The number of carbonyl (C=O) groups is 2. The number of fused-ring (bicyclic) bond motifs is 4. The molecular weight excluding hydrogens is 460 g/mol. The highest BCUT2D eigenvalue weighted by molar-refractivity contribution is 6.25. The highest BCUT2D eigenvalue weighted by Gasteiger charge is 2.38. The maximum Gasteiger partial charge on any atom is 0.234 e. The Kier molecular flexibility index (Phi) is 4.69. The SMILES string of the molecule is Cc1nc2c(n1Cc1ccc3ccccc3c1)C(=O)c1c(ncn1Cc1ccc3ccccc3c1)C2=O. The molecule has 0 unspecified atom stereocenters. The van der Waals surface area contributed by atoms with Gasteiger partial charge in [0, 0.05) is 13.1 Å². The monoisotopic (exact) mass is 482 g/mol. The molecule has 37 heavy (non-hydrogen) atoms. The lowest BCUT2D eigenvalue weighted by Gasteiger charge is -2.16. The molecule has 0 aliphatic heterocycles. The van der Waals surface area contributed by atoms with Gasteiger partial charge in [0.25, 0.3) is 0 Å². The molecule has 6 aromatic rings. The summed E-state index contributed by atoms with van der Waals surface area (Å²) in [5, 5.41) is 4.57. The van der Waals surface area contributed by atoms with Gasteiger partial charge in [-0.1, -0.05) is 72.8 Å². The molecule has 178 valence electrons. The third kappa shape index (κ3) is 3.41. The summed E-state index contributed by atoms with van der Waals surface area (Å²) < 4.78 is 3.64. The Balaban J connectivity index is 1.27. The second-order valence-corrected chi connectivity index (χ2v) is 9.53. The van der Waals surface area contributed by atoms with E-state index in [1.54, 1.807) is 10.9 Å². The van der Waals surface area contributed by atoms with Gasteiger partial charge in [-0.3, -0.25) is 9.59 Å². The maximum atomic E-state index is 13.9. The zero-order chi connectivity index (χ0) is 25.1. The van der Waals surface area contributed by atoms with Crippen LogP contribution in [-0.4, -0.2) is 30.7 Å². The van der Waals surface area contributed by atoms with Crippen molar-refractivity contribution in [2.75, 3.05) is 0 Å². The molecule has 0 N–H and O–H groups in total. The van der Waals surface area contributed by atoms with Gasteiger partial charge in [-0.2, -0.15) is 0 Å². The fourth-order valence-corrected chi connectivity index (χ4v) is 5.33. The zero-order valence-corrected chi connectivity index (χ0v) is 20.2. The normalized spacial score (nSPS) is 12.8. The van der Waals surface area contributed by atoms with Crippen molar-refractivity contribution in [2.45, 2.75) is 20.0 Å². The number of imidazole rings is 2. The lowest BCUT2D eigenvalue weighted by molar-refractivity contribution is 0.0963. The van der Waals surface area contributed by atoms with Crippen molar-refractivity contribution in [3.63, 3.8) is 0 Å². The van der Waals surface area contributed by atoms with E-state index in [2.05, 4.69) is 64.6 Å². The lowest BCUT2D eigenvalue weighted by atomic mass is 9.98. The molecule has 0 saturated heterocycles. The van der Waals surface area contributed by atoms with Crippen molar-refractivity contribution >= 4 is 33.1 Å². The molecule has 2 aromatic heterocycles. The van der Waals surface area contributed by atoms with E-state index in [1.165, 1.54) is 0 Å². The number of aryl methyl sites for hydroxylation is 1. The van der Waals surface area contributed by atoms with Gasteiger partial charge in [-0.15, -0.1) is 0 Å². The van der Waals surface area contributed by atoms with Gasteiger partial charge in [0.1, 0.15) is 28.6 Å². The quantitative estimate of drug-likeness (QED) is 0.329. The number of hydrogen-bond donors (Lipinski definition) is 0. The maximum absolute atomic E-state index is 13.9. The number of rotatable bonds is 4. The van der Waals surface area contributed by atoms with Gasteiger partial charge in [0.15, 0.2) is 0 Å². The Morgan fingerprint density at radius 3 is 1.89 bits per heavy atom. The molecule has 7 rings (SSSR count). The highest BCUT2D eigenvalue weighted by Crippen LogP contribution is 2.29. The van der Waals surface area contributed by atoms with Crippen LogP contribution in [0.15, 0.2) is 91.3 Å². The number of hydrogen-bond acceptors (Lipinski definition) is 4. The van der Waals surface area contributed by atoms with Crippen molar-refractivity contribution in [3.05, 3.63) is 131 Å². The van der Waals surface area contributed by atoms with E-state index in [-0.39, 0.29) is 23.0 Å². The van der Waals surface area contributed by atoms with E-state index in [0.29, 0.717) is 30.3 Å². The summed E-state index contributed by atoms with van der Waals surface area (Å²) in [6.07, 6.45) is 1.59. The lowest BCUT2D eigenvalue weighted by Crippen LogP contribution is -2.26. The summed E-state index contributed by atoms with van der Waals surface area (Å²) in [5.41, 5.74) is 3.10. The van der Waals surface area contributed by atoms with Crippen LogP contribution >= 0.6 is 0 Å². The summed E-state index contributed by atoms with van der Waals surface area (Å²) in [6.45, 7) is 2.73. The van der Waals surface area contributed by atoms with Crippen LogP contribution in [0.25, 0.3) is 21.5 Å². The number of ketones is 2. The van der Waals surface area contributed by atoms with Gasteiger partial charge < -0.3 is 9.13 Å². The predicted molar refractivity (Wildman–Crippen MR) is 142 cm³/mol. The molecule has 1 aliphatic carbocycles. The highest BCUT2D eigenvalue weighted by atomic mass is 16.1. The number of nitrogens with zero attached hydrogens (tertiary/aromatic N) is 4. The van der Waals surface area contributed by atoms with Gasteiger partial charge >= 0.3 is 0 Å². The summed E-state index contributed by atoms with van der Waals surface area (Å²) in [7, 11) is 0. The van der Waals surface area contributed by atoms with Crippen LogP contribution in [0.1, 0.15) is 49.3 Å². The van der Waals surface area contributed by atoms with Crippen molar-refractivity contribution in [1.82, 2.24) is 19.1 Å². The first-order valence-electron chi connectivity index (χ1n) is 12.2. The van der Waals surface area contributed by atoms with Crippen LogP contribution < -0.4 is 0 Å². The van der Waals surface area contributed by atoms with E-state index < -0.39 is 0 Å². The third-order valence-electron chi connectivity index (χ3n) is 7.18. The van der Waals surface area contributed by atoms with Crippen molar-refractivity contribution in [1.29, 1.82) is 0 Å². The number of aromatic nitrogens is 4. The Morgan fingerprint density at radius 1 is 0.649 bits per heavy atom. The molecule has 0 spiro atoms. The minimum absolute atomic E-state index is 0.175. The molecule has 0 fully saturated rings. The van der Waals surface area contributed by atoms with Crippen LogP contribution in [0, 0.1) is 6.92 Å². The predicted octanol–water partition coefficient (Wildman–Crippen LogP) is 5.57. The van der Waals surface area contributed by atoms with E-state index in [9.17, 15) is 9.59 Å². The summed E-state index contributed by atoms with van der Waals surface area (Å²) in [4.78, 5) is 36.1. The fourth-order valence-electron chi connectivity index (χ4n) is 5.33. The minimum Gasteiger partial charge on any atom is -0.323 e. The molecule has 6 nitrogen and oxygen atoms in total.